The van der Waals surface area contributed by atoms with Crippen LogP contribution in [0, 0.1) is 0 Å². The molecule has 0 atom stereocenters. The van der Waals surface area contributed by atoms with Gasteiger partial charge < -0.3 is 5.73 Å². The second kappa shape index (κ2) is 5.75. The van der Waals surface area contributed by atoms with E-state index >= 15 is 0 Å². The van der Waals surface area contributed by atoms with E-state index in [4.69, 9.17) is 17.3 Å². The van der Waals surface area contributed by atoms with Gasteiger partial charge in [-0.3, -0.25) is 0 Å². The minimum absolute atomic E-state index is 0.693. The van der Waals surface area contributed by atoms with Crippen LogP contribution in [0.5, 0.6) is 0 Å². The fourth-order valence-corrected chi connectivity index (χ4v) is 1.69. The molecule has 0 bridgehead atoms. The number of aromatic nitrogens is 4. The molecule has 0 saturated carbocycles. The van der Waals surface area contributed by atoms with Gasteiger partial charge in [-0.1, -0.05) is 11.6 Å². The highest BCUT2D eigenvalue weighted by Gasteiger charge is 2.07. The minimum Gasteiger partial charge on any atom is -0.330 e. The van der Waals surface area contributed by atoms with Crippen molar-refractivity contribution in [2.24, 2.45) is 5.73 Å². The number of rotatable bonds is 5. The van der Waals surface area contributed by atoms with Crippen molar-refractivity contribution < 1.29 is 0 Å². The first kappa shape index (κ1) is 12.0. The minimum atomic E-state index is 0.693. The summed E-state index contributed by atoms with van der Waals surface area (Å²) in [5.41, 5.74) is 6.42. The van der Waals surface area contributed by atoms with Gasteiger partial charge in [-0.15, -0.1) is 5.10 Å². The van der Waals surface area contributed by atoms with E-state index in [-0.39, 0.29) is 0 Å². The Morgan fingerprint density at radius 2 is 1.94 bits per heavy atom. The maximum absolute atomic E-state index is 5.84. The molecule has 1 aromatic heterocycles. The van der Waals surface area contributed by atoms with E-state index in [9.17, 15) is 0 Å². The van der Waals surface area contributed by atoms with E-state index in [1.807, 2.05) is 24.3 Å². The fraction of sp³-hybridized carbons (Fsp3) is 0.364. The highest BCUT2D eigenvalue weighted by Crippen LogP contribution is 2.18. The Hall–Kier alpha value is -1.46. The molecule has 0 unspecified atom stereocenters. The lowest BCUT2D eigenvalue weighted by Gasteiger charge is -2.03. The van der Waals surface area contributed by atoms with E-state index in [2.05, 4.69) is 15.5 Å². The zero-order valence-corrected chi connectivity index (χ0v) is 10.1. The molecule has 2 rings (SSSR count). The molecule has 90 valence electrons. The van der Waals surface area contributed by atoms with Crippen molar-refractivity contribution in [3.63, 3.8) is 0 Å². The maximum Gasteiger partial charge on any atom is 0.182 e. The molecule has 0 radical (unpaired) electrons. The first-order valence-electron chi connectivity index (χ1n) is 5.53. The molecule has 0 amide bonds. The highest BCUT2D eigenvalue weighted by atomic mass is 35.5. The smallest absolute Gasteiger partial charge is 0.182 e. The van der Waals surface area contributed by atoms with Gasteiger partial charge >= 0.3 is 0 Å². The molecule has 0 saturated heterocycles. The number of hydrogen-bond donors (Lipinski definition) is 1. The third kappa shape index (κ3) is 3.01. The van der Waals surface area contributed by atoms with E-state index in [0.717, 1.165) is 30.8 Å². The SMILES string of the molecule is NCCCCn1nnnc1-c1ccc(Cl)cc1. The first-order chi connectivity index (χ1) is 8.31. The van der Waals surface area contributed by atoms with Gasteiger partial charge in [-0.25, -0.2) is 4.68 Å². The van der Waals surface area contributed by atoms with Crippen LogP contribution in [0.4, 0.5) is 0 Å². The second-order valence-corrected chi connectivity index (χ2v) is 4.16. The summed E-state index contributed by atoms with van der Waals surface area (Å²) in [6, 6.07) is 7.48. The molecular weight excluding hydrogens is 238 g/mol. The van der Waals surface area contributed by atoms with E-state index < -0.39 is 0 Å². The van der Waals surface area contributed by atoms with Gasteiger partial charge in [0.1, 0.15) is 0 Å². The van der Waals surface area contributed by atoms with Crippen LogP contribution in [0.1, 0.15) is 12.8 Å². The summed E-state index contributed by atoms with van der Waals surface area (Å²) < 4.78 is 1.79. The third-order valence-corrected chi connectivity index (χ3v) is 2.71. The summed E-state index contributed by atoms with van der Waals surface area (Å²) in [6.07, 6.45) is 1.95. The average molecular weight is 252 g/mol. The number of tetrazole rings is 1. The molecule has 6 heteroatoms. The van der Waals surface area contributed by atoms with Crippen molar-refractivity contribution in [2.75, 3.05) is 6.54 Å². The Morgan fingerprint density at radius 1 is 1.18 bits per heavy atom. The largest absolute Gasteiger partial charge is 0.330 e. The van der Waals surface area contributed by atoms with Crippen molar-refractivity contribution in [1.29, 1.82) is 0 Å². The quantitative estimate of drug-likeness (QED) is 0.822. The summed E-state index contributed by atoms with van der Waals surface area (Å²) in [4.78, 5) is 0. The number of unbranched alkanes of at least 4 members (excludes halogenated alkanes) is 1. The summed E-state index contributed by atoms with van der Waals surface area (Å²) in [7, 11) is 0. The highest BCUT2D eigenvalue weighted by molar-refractivity contribution is 6.30. The molecule has 1 heterocycles. The number of nitrogens with zero attached hydrogens (tertiary/aromatic N) is 4. The summed E-state index contributed by atoms with van der Waals surface area (Å²) in [5.74, 6) is 0.763. The van der Waals surface area contributed by atoms with E-state index in [0.29, 0.717) is 11.6 Å². The summed E-state index contributed by atoms with van der Waals surface area (Å²) in [6.45, 7) is 1.47. The molecular formula is C11H14ClN5. The molecule has 2 N–H and O–H groups in total. The van der Waals surface area contributed by atoms with Gasteiger partial charge in [0.25, 0.3) is 0 Å². The van der Waals surface area contributed by atoms with Crippen LogP contribution in [0.3, 0.4) is 0 Å². The van der Waals surface area contributed by atoms with Gasteiger partial charge in [0.05, 0.1) is 0 Å². The van der Waals surface area contributed by atoms with Crippen molar-refractivity contribution in [3.05, 3.63) is 29.3 Å². The molecule has 2 aromatic rings. The number of benzene rings is 1. The van der Waals surface area contributed by atoms with Crippen LogP contribution in [-0.2, 0) is 6.54 Å². The summed E-state index contributed by atoms with van der Waals surface area (Å²) in [5, 5.41) is 12.4. The normalized spacial score (nSPS) is 10.7. The Kier molecular flexibility index (Phi) is 4.06. The number of halogens is 1. The second-order valence-electron chi connectivity index (χ2n) is 3.73. The zero-order valence-electron chi connectivity index (χ0n) is 9.38. The molecule has 5 nitrogen and oxygen atoms in total. The molecule has 0 spiro atoms. The van der Waals surface area contributed by atoms with Crippen LogP contribution in [0.2, 0.25) is 5.02 Å². The standard InChI is InChI=1S/C11H14ClN5/c12-10-5-3-9(4-6-10)11-14-15-16-17(11)8-2-1-7-13/h3-6H,1-2,7-8,13H2. The monoisotopic (exact) mass is 251 g/mol. The van der Waals surface area contributed by atoms with Crippen molar-refractivity contribution >= 4 is 11.6 Å². The lowest BCUT2D eigenvalue weighted by molar-refractivity contribution is 0.548. The van der Waals surface area contributed by atoms with Crippen LogP contribution in [0.15, 0.2) is 24.3 Å². The predicted octanol–water partition coefficient (Wildman–Crippen LogP) is 1.73. The van der Waals surface area contributed by atoms with Crippen LogP contribution < -0.4 is 5.73 Å². The van der Waals surface area contributed by atoms with E-state index in [1.54, 1.807) is 4.68 Å². The molecule has 0 aliphatic carbocycles. The van der Waals surface area contributed by atoms with Gasteiger partial charge in [-0.2, -0.15) is 0 Å². The Morgan fingerprint density at radius 3 is 2.65 bits per heavy atom. The molecule has 1 aromatic carbocycles. The molecule has 0 fully saturated rings. The average Bonchev–Trinajstić information content (AvgIpc) is 2.79. The van der Waals surface area contributed by atoms with Crippen LogP contribution >= 0.6 is 11.6 Å². The number of aryl methyl sites for hydroxylation is 1. The third-order valence-electron chi connectivity index (χ3n) is 2.46. The molecule has 0 aliphatic heterocycles. The van der Waals surface area contributed by atoms with Gasteiger partial charge in [0.15, 0.2) is 5.82 Å². The van der Waals surface area contributed by atoms with Crippen molar-refractivity contribution in [1.82, 2.24) is 20.2 Å². The topological polar surface area (TPSA) is 69.6 Å². The Labute approximate surface area is 105 Å². The van der Waals surface area contributed by atoms with E-state index in [1.165, 1.54) is 0 Å². The fourth-order valence-electron chi connectivity index (χ4n) is 1.57. The lowest BCUT2D eigenvalue weighted by Crippen LogP contribution is -2.06. The number of hydrogen-bond acceptors (Lipinski definition) is 4. The predicted molar refractivity (Wildman–Crippen MR) is 66.6 cm³/mol. The van der Waals surface area contributed by atoms with Crippen molar-refractivity contribution in [2.45, 2.75) is 19.4 Å². The molecule has 0 aliphatic rings. The Bertz CT molecular complexity index is 465. The first-order valence-corrected chi connectivity index (χ1v) is 5.91. The van der Waals surface area contributed by atoms with Gasteiger partial charge in [-0.05, 0) is 54.1 Å². The van der Waals surface area contributed by atoms with Crippen molar-refractivity contribution in [3.8, 4) is 11.4 Å². The van der Waals surface area contributed by atoms with Crippen LogP contribution in [-0.4, -0.2) is 26.8 Å². The maximum atomic E-state index is 5.84. The van der Waals surface area contributed by atoms with Gasteiger partial charge in [0.2, 0.25) is 0 Å². The molecule has 17 heavy (non-hydrogen) atoms. The zero-order chi connectivity index (χ0) is 12.1. The number of nitrogens with two attached hydrogens (primary N) is 1. The Balaban J connectivity index is 2.15. The van der Waals surface area contributed by atoms with Gasteiger partial charge in [0, 0.05) is 17.1 Å². The lowest BCUT2D eigenvalue weighted by atomic mass is 10.2. The summed E-state index contributed by atoms with van der Waals surface area (Å²) >= 11 is 5.84. The van der Waals surface area contributed by atoms with Crippen LogP contribution in [0.25, 0.3) is 11.4 Å².